The lowest BCUT2D eigenvalue weighted by Gasteiger charge is -2.32. The summed E-state index contributed by atoms with van der Waals surface area (Å²) in [7, 11) is 2.15. The van der Waals surface area contributed by atoms with Gasteiger partial charge in [-0.15, -0.1) is 11.3 Å². The van der Waals surface area contributed by atoms with Gasteiger partial charge in [-0.05, 0) is 33.4 Å². The Bertz CT molecular complexity index is 581. The van der Waals surface area contributed by atoms with Crippen molar-refractivity contribution < 1.29 is 13.2 Å². The van der Waals surface area contributed by atoms with Gasteiger partial charge in [-0.3, -0.25) is 0 Å². The number of piperazine rings is 1. The number of thiazole rings is 1. The third-order valence-corrected chi connectivity index (χ3v) is 5.18. The van der Waals surface area contributed by atoms with Crippen LogP contribution in [0, 0.1) is 0 Å². The van der Waals surface area contributed by atoms with E-state index in [0.29, 0.717) is 17.5 Å². The van der Waals surface area contributed by atoms with Gasteiger partial charge in [-0.2, -0.15) is 13.2 Å². The average molecular weight is 407 g/mol. The van der Waals surface area contributed by atoms with Crippen molar-refractivity contribution in [1.29, 1.82) is 0 Å². The molecule has 27 heavy (non-hydrogen) atoms. The van der Waals surface area contributed by atoms with Crippen molar-refractivity contribution in [3.63, 3.8) is 0 Å². The monoisotopic (exact) mass is 406 g/mol. The van der Waals surface area contributed by atoms with E-state index in [-0.39, 0.29) is 6.54 Å². The third-order valence-electron chi connectivity index (χ3n) is 4.35. The molecule has 10 heteroatoms. The number of rotatable bonds is 8. The lowest BCUT2D eigenvalue weighted by atomic mass is 10.2. The standard InChI is InChI=1S/C17H29F3N6S/c1-3-21-16(23-12-15-24-14(13-27-15)17(18,19)20)22-6-4-5-7-26-10-8-25(2)9-11-26/h13H,3-12H2,1-2H3,(H2,21,22,23). The molecule has 0 aliphatic carbocycles. The van der Waals surface area contributed by atoms with Gasteiger partial charge in [0.05, 0.1) is 6.54 Å². The maximum absolute atomic E-state index is 12.6. The summed E-state index contributed by atoms with van der Waals surface area (Å²) in [6.45, 7) is 9.17. The minimum absolute atomic E-state index is 0.136. The molecule has 0 saturated carbocycles. The number of guanidine groups is 1. The van der Waals surface area contributed by atoms with E-state index in [9.17, 15) is 13.2 Å². The first-order valence-corrected chi connectivity index (χ1v) is 10.2. The maximum atomic E-state index is 12.6. The molecule has 2 rings (SSSR count). The van der Waals surface area contributed by atoms with Gasteiger partial charge in [0.15, 0.2) is 11.7 Å². The second-order valence-electron chi connectivity index (χ2n) is 6.60. The second kappa shape index (κ2) is 10.8. The van der Waals surface area contributed by atoms with E-state index < -0.39 is 11.9 Å². The Kier molecular flexibility index (Phi) is 8.78. The molecule has 0 bridgehead atoms. The molecule has 0 amide bonds. The molecular weight excluding hydrogens is 377 g/mol. The fourth-order valence-corrected chi connectivity index (χ4v) is 3.46. The first kappa shape index (κ1) is 21.9. The lowest BCUT2D eigenvalue weighted by Crippen LogP contribution is -2.44. The van der Waals surface area contributed by atoms with Gasteiger partial charge in [0.2, 0.25) is 0 Å². The molecule has 1 saturated heterocycles. The van der Waals surface area contributed by atoms with Crippen molar-refractivity contribution in [3.8, 4) is 0 Å². The van der Waals surface area contributed by atoms with Gasteiger partial charge in [-0.1, -0.05) is 0 Å². The van der Waals surface area contributed by atoms with Crippen LogP contribution in [-0.4, -0.2) is 73.6 Å². The van der Waals surface area contributed by atoms with Crippen LogP contribution < -0.4 is 10.6 Å². The molecule has 0 radical (unpaired) electrons. The zero-order chi connectivity index (χ0) is 19.7. The molecule has 1 aromatic rings. The van der Waals surface area contributed by atoms with Crippen LogP contribution in [0.4, 0.5) is 13.2 Å². The van der Waals surface area contributed by atoms with E-state index in [4.69, 9.17) is 0 Å². The van der Waals surface area contributed by atoms with Crippen LogP contribution >= 0.6 is 11.3 Å². The Hall–Kier alpha value is -1.39. The summed E-state index contributed by atoms with van der Waals surface area (Å²) >= 11 is 0.982. The number of aromatic nitrogens is 1. The number of halogens is 3. The molecule has 2 heterocycles. The molecule has 1 aromatic heterocycles. The summed E-state index contributed by atoms with van der Waals surface area (Å²) in [5.41, 5.74) is -0.848. The summed E-state index contributed by atoms with van der Waals surface area (Å²) in [6, 6.07) is 0. The topological polar surface area (TPSA) is 55.8 Å². The summed E-state index contributed by atoms with van der Waals surface area (Å²) in [5.74, 6) is 0.612. The highest BCUT2D eigenvalue weighted by atomic mass is 32.1. The number of likely N-dealkylation sites (N-methyl/N-ethyl adjacent to an activating group) is 1. The average Bonchev–Trinajstić information content (AvgIpc) is 3.10. The van der Waals surface area contributed by atoms with Crippen LogP contribution in [0.2, 0.25) is 0 Å². The van der Waals surface area contributed by atoms with Crippen LogP contribution in [0.1, 0.15) is 30.5 Å². The quantitative estimate of drug-likeness (QED) is 0.394. The zero-order valence-electron chi connectivity index (χ0n) is 16.0. The molecule has 6 nitrogen and oxygen atoms in total. The lowest BCUT2D eigenvalue weighted by molar-refractivity contribution is -0.140. The predicted molar refractivity (Wildman–Crippen MR) is 103 cm³/mol. The van der Waals surface area contributed by atoms with Gasteiger partial charge in [-0.25, -0.2) is 9.98 Å². The van der Waals surface area contributed by atoms with Crippen molar-refractivity contribution in [2.45, 2.75) is 32.5 Å². The Morgan fingerprint density at radius 1 is 1.22 bits per heavy atom. The number of hydrogen-bond acceptors (Lipinski definition) is 5. The fraction of sp³-hybridized carbons (Fsp3) is 0.765. The van der Waals surface area contributed by atoms with E-state index in [2.05, 4.69) is 37.5 Å². The van der Waals surface area contributed by atoms with Crippen molar-refractivity contribution in [2.75, 3.05) is 52.9 Å². The highest BCUT2D eigenvalue weighted by Gasteiger charge is 2.33. The van der Waals surface area contributed by atoms with Crippen LogP contribution in [-0.2, 0) is 12.7 Å². The number of unbranched alkanes of at least 4 members (excludes halogenated alkanes) is 1. The highest BCUT2D eigenvalue weighted by molar-refractivity contribution is 7.09. The summed E-state index contributed by atoms with van der Waals surface area (Å²) in [5, 5.41) is 7.74. The number of hydrogen-bond donors (Lipinski definition) is 2. The first-order chi connectivity index (χ1) is 12.9. The zero-order valence-corrected chi connectivity index (χ0v) is 16.8. The Morgan fingerprint density at radius 3 is 2.59 bits per heavy atom. The smallest absolute Gasteiger partial charge is 0.357 e. The minimum Gasteiger partial charge on any atom is -0.357 e. The number of nitrogens with zero attached hydrogens (tertiary/aromatic N) is 4. The number of alkyl halides is 3. The van der Waals surface area contributed by atoms with Crippen LogP contribution in [0.3, 0.4) is 0 Å². The Balaban J connectivity index is 1.69. The summed E-state index contributed by atoms with van der Waals surface area (Å²) in [4.78, 5) is 12.8. The van der Waals surface area contributed by atoms with Crippen LogP contribution in [0.25, 0.3) is 0 Å². The maximum Gasteiger partial charge on any atom is 0.434 e. The van der Waals surface area contributed by atoms with E-state index in [1.54, 1.807) is 0 Å². The van der Waals surface area contributed by atoms with Crippen molar-refractivity contribution in [1.82, 2.24) is 25.4 Å². The molecule has 0 aromatic carbocycles. The highest BCUT2D eigenvalue weighted by Crippen LogP contribution is 2.30. The minimum atomic E-state index is -4.40. The van der Waals surface area contributed by atoms with E-state index in [1.165, 1.54) is 0 Å². The Labute approximate surface area is 162 Å². The first-order valence-electron chi connectivity index (χ1n) is 9.33. The molecule has 0 atom stereocenters. The molecule has 1 aliphatic heterocycles. The van der Waals surface area contributed by atoms with Gasteiger partial charge in [0, 0.05) is 44.6 Å². The molecule has 0 unspecified atom stereocenters. The summed E-state index contributed by atoms with van der Waals surface area (Å²) in [6.07, 6.45) is -2.27. The Morgan fingerprint density at radius 2 is 1.96 bits per heavy atom. The van der Waals surface area contributed by atoms with Gasteiger partial charge < -0.3 is 20.4 Å². The molecule has 2 N–H and O–H groups in total. The molecule has 154 valence electrons. The molecule has 1 aliphatic rings. The second-order valence-corrected chi connectivity index (χ2v) is 7.54. The van der Waals surface area contributed by atoms with Crippen molar-refractivity contribution in [3.05, 3.63) is 16.1 Å². The largest absolute Gasteiger partial charge is 0.434 e. The number of aliphatic imine (C=N–C) groups is 1. The van der Waals surface area contributed by atoms with Gasteiger partial charge >= 0.3 is 6.18 Å². The predicted octanol–water partition coefficient (Wildman–Crippen LogP) is 2.24. The SMILES string of the molecule is CCNC(=NCc1nc(C(F)(F)F)cs1)NCCCCN1CCN(C)CC1. The van der Waals surface area contributed by atoms with Crippen LogP contribution in [0.5, 0.6) is 0 Å². The van der Waals surface area contributed by atoms with Crippen molar-refractivity contribution in [2.24, 2.45) is 4.99 Å². The van der Waals surface area contributed by atoms with Crippen molar-refractivity contribution >= 4 is 17.3 Å². The van der Waals surface area contributed by atoms with Gasteiger partial charge in [0.25, 0.3) is 0 Å². The van der Waals surface area contributed by atoms with Crippen LogP contribution in [0.15, 0.2) is 10.4 Å². The fourth-order valence-electron chi connectivity index (χ4n) is 2.74. The third kappa shape index (κ3) is 8.02. The number of nitrogens with one attached hydrogen (secondary N) is 2. The van der Waals surface area contributed by atoms with E-state index in [1.807, 2.05) is 6.92 Å². The molecule has 1 fully saturated rings. The van der Waals surface area contributed by atoms with E-state index >= 15 is 0 Å². The van der Waals surface area contributed by atoms with E-state index in [0.717, 1.165) is 68.8 Å². The summed E-state index contributed by atoms with van der Waals surface area (Å²) < 4.78 is 37.8. The van der Waals surface area contributed by atoms with Gasteiger partial charge in [0.1, 0.15) is 5.01 Å². The molecule has 0 spiro atoms. The normalized spacial score (nSPS) is 17.3. The molecular formula is C17H29F3N6S.